The number of hydrogen-bond donors (Lipinski definition) is 4. The summed E-state index contributed by atoms with van der Waals surface area (Å²) in [4.78, 5) is 27.4. The first kappa shape index (κ1) is 27.1. The molecular weight excluding hydrogens is 470 g/mol. The van der Waals surface area contributed by atoms with E-state index in [1.54, 1.807) is 42.3 Å². The smallest absolute Gasteiger partial charge is 0.251 e. The van der Waals surface area contributed by atoms with Gasteiger partial charge in [0.1, 0.15) is 17.3 Å². The second kappa shape index (κ2) is 11.9. The summed E-state index contributed by atoms with van der Waals surface area (Å²) in [5.74, 6) is 0.505. The number of nitrogens with zero attached hydrogens (tertiary/aromatic N) is 1. The van der Waals surface area contributed by atoms with Crippen LogP contribution in [-0.4, -0.2) is 45.5 Å². The predicted octanol–water partition coefficient (Wildman–Crippen LogP) is 3.61. The summed E-state index contributed by atoms with van der Waals surface area (Å²) in [6, 6.07) is 16.1. The van der Waals surface area contributed by atoms with Gasteiger partial charge in [-0.3, -0.25) is 15.0 Å². The largest absolute Gasteiger partial charge is 0.496 e. The maximum Gasteiger partial charge on any atom is 0.251 e. The van der Waals surface area contributed by atoms with E-state index in [1.165, 1.54) is 14.2 Å². The van der Waals surface area contributed by atoms with Gasteiger partial charge in [0, 0.05) is 41.7 Å². The highest BCUT2D eigenvalue weighted by Crippen LogP contribution is 2.29. The van der Waals surface area contributed by atoms with Crippen LogP contribution in [-0.2, 0) is 11.3 Å². The van der Waals surface area contributed by atoms with Gasteiger partial charge in [-0.15, -0.1) is 0 Å². The molecule has 0 heterocycles. The molecule has 0 radical (unpaired) electrons. The summed E-state index contributed by atoms with van der Waals surface area (Å²) in [7, 11) is 4.85. The van der Waals surface area contributed by atoms with Crippen molar-refractivity contribution in [2.75, 3.05) is 38.0 Å². The molecule has 0 saturated heterocycles. The van der Waals surface area contributed by atoms with Crippen LogP contribution in [0.25, 0.3) is 0 Å². The van der Waals surface area contributed by atoms with Crippen LogP contribution in [0.15, 0.2) is 54.6 Å². The number of rotatable bonds is 10. The first-order valence-electron chi connectivity index (χ1n) is 11.7. The third-order valence-corrected chi connectivity index (χ3v) is 5.98. The Bertz CT molecular complexity index is 1280. The molecule has 9 heteroatoms. The average Bonchev–Trinajstić information content (AvgIpc) is 2.88. The first-order chi connectivity index (χ1) is 17.6. The van der Waals surface area contributed by atoms with Gasteiger partial charge in [-0.05, 0) is 49.7 Å². The Morgan fingerprint density at radius 2 is 1.57 bits per heavy atom. The number of methoxy groups -OCH3 is 2. The minimum absolute atomic E-state index is 0.0581. The van der Waals surface area contributed by atoms with E-state index in [-0.39, 0.29) is 30.7 Å². The number of anilines is 2. The van der Waals surface area contributed by atoms with Gasteiger partial charge in [0.2, 0.25) is 5.91 Å². The zero-order chi connectivity index (χ0) is 27.1. The predicted molar refractivity (Wildman–Crippen MR) is 146 cm³/mol. The topological polar surface area (TPSA) is 130 Å². The molecule has 0 aromatic heterocycles. The van der Waals surface area contributed by atoms with Crippen LogP contribution < -0.4 is 30.7 Å². The van der Waals surface area contributed by atoms with Gasteiger partial charge >= 0.3 is 0 Å². The third kappa shape index (κ3) is 6.78. The molecule has 194 valence electrons. The average molecular weight is 504 g/mol. The molecule has 0 fully saturated rings. The molecule has 0 aliphatic rings. The summed E-state index contributed by atoms with van der Waals surface area (Å²) >= 11 is 0. The zero-order valence-electron chi connectivity index (χ0n) is 21.8. The van der Waals surface area contributed by atoms with Crippen LogP contribution >= 0.6 is 0 Å². The van der Waals surface area contributed by atoms with Crippen molar-refractivity contribution in [2.45, 2.75) is 20.4 Å². The molecule has 3 aromatic carbocycles. The molecule has 2 amide bonds. The summed E-state index contributed by atoms with van der Waals surface area (Å²) in [5.41, 5.74) is 10.7. The number of benzene rings is 3. The summed E-state index contributed by atoms with van der Waals surface area (Å²) in [6.07, 6.45) is 0. The molecule has 37 heavy (non-hydrogen) atoms. The molecule has 0 aliphatic carbocycles. The maximum atomic E-state index is 13.0. The number of carbonyl (C=O) groups is 2. The number of amidine groups is 1. The fourth-order valence-corrected chi connectivity index (χ4v) is 3.87. The highest BCUT2D eigenvalue weighted by molar-refractivity contribution is 5.98. The van der Waals surface area contributed by atoms with Crippen LogP contribution in [0.4, 0.5) is 11.4 Å². The Balaban J connectivity index is 1.78. The highest BCUT2D eigenvalue weighted by Gasteiger charge is 2.17. The van der Waals surface area contributed by atoms with Crippen LogP contribution in [0.3, 0.4) is 0 Å². The fraction of sp³-hybridized carbons (Fsp3) is 0.250. The van der Waals surface area contributed by atoms with Crippen LogP contribution in [0.5, 0.6) is 11.5 Å². The maximum absolute atomic E-state index is 13.0. The Labute approximate surface area is 217 Å². The molecular formula is C28H33N5O4. The Kier molecular flexibility index (Phi) is 8.73. The number of hydrogen-bond acceptors (Lipinski definition) is 6. The molecule has 9 nitrogen and oxygen atoms in total. The van der Waals surface area contributed by atoms with E-state index >= 15 is 0 Å². The van der Waals surface area contributed by atoms with Crippen LogP contribution in [0.1, 0.15) is 32.6 Å². The molecule has 0 spiro atoms. The van der Waals surface area contributed by atoms with Crippen molar-refractivity contribution in [3.63, 3.8) is 0 Å². The van der Waals surface area contributed by atoms with Crippen LogP contribution in [0, 0.1) is 19.3 Å². The Hall–Kier alpha value is -4.53. The van der Waals surface area contributed by atoms with E-state index < -0.39 is 0 Å². The van der Waals surface area contributed by atoms with Crippen molar-refractivity contribution in [3.05, 3.63) is 82.4 Å². The quantitative estimate of drug-likeness (QED) is 0.247. The number of nitrogens with one attached hydrogen (secondary N) is 3. The molecule has 3 rings (SSSR count). The summed E-state index contributed by atoms with van der Waals surface area (Å²) in [5, 5.41) is 13.6. The van der Waals surface area contributed by atoms with E-state index in [1.807, 2.05) is 38.1 Å². The number of likely N-dealkylation sites (N-methyl/N-ethyl adjacent to an activating group) is 1. The van der Waals surface area contributed by atoms with Crippen molar-refractivity contribution >= 4 is 29.0 Å². The lowest BCUT2D eigenvalue weighted by Gasteiger charge is -2.23. The molecule has 0 aliphatic heterocycles. The molecule has 0 atom stereocenters. The van der Waals surface area contributed by atoms with Crippen molar-refractivity contribution < 1.29 is 19.1 Å². The molecule has 3 aromatic rings. The van der Waals surface area contributed by atoms with Gasteiger partial charge in [0.25, 0.3) is 5.91 Å². The number of nitrogens with two attached hydrogens (primary N) is 1. The molecule has 5 N–H and O–H groups in total. The monoisotopic (exact) mass is 503 g/mol. The molecule has 0 saturated carbocycles. The second-order valence-electron chi connectivity index (χ2n) is 8.72. The van der Waals surface area contributed by atoms with E-state index in [0.717, 1.165) is 16.7 Å². The standard InChI is InChI=1S/C28H33N5O4/c1-17-6-10-22(11-7-17)32-26(34)16-33(3)23-12-19(27(29)30)8-9-20(23)15-31-28(35)21-13-24(36-4)18(2)25(14-21)37-5/h6-14H,15-16H2,1-5H3,(H3,29,30)(H,31,35)(H,32,34). The van der Waals surface area contributed by atoms with Gasteiger partial charge in [0.05, 0.1) is 20.8 Å². The SMILES string of the molecule is COc1cc(C(=O)NCc2ccc(C(=N)N)cc2N(C)CC(=O)Nc2ccc(C)cc2)cc(OC)c1C. The number of carbonyl (C=O) groups excluding carboxylic acids is 2. The minimum Gasteiger partial charge on any atom is -0.496 e. The van der Waals surface area contributed by atoms with E-state index in [2.05, 4.69) is 10.6 Å². The van der Waals surface area contributed by atoms with Crippen molar-refractivity contribution in [3.8, 4) is 11.5 Å². The third-order valence-electron chi connectivity index (χ3n) is 5.98. The van der Waals surface area contributed by atoms with Gasteiger partial charge in [-0.25, -0.2) is 0 Å². The lowest BCUT2D eigenvalue weighted by molar-refractivity contribution is -0.114. The lowest BCUT2D eigenvalue weighted by atomic mass is 10.1. The lowest BCUT2D eigenvalue weighted by Crippen LogP contribution is -2.32. The van der Waals surface area contributed by atoms with E-state index in [0.29, 0.717) is 34.0 Å². The number of nitrogen functional groups attached to an aromatic ring is 1. The van der Waals surface area contributed by atoms with Crippen molar-refractivity contribution in [1.29, 1.82) is 5.41 Å². The van der Waals surface area contributed by atoms with Gasteiger partial charge in [-0.2, -0.15) is 0 Å². The first-order valence-corrected chi connectivity index (χ1v) is 11.7. The number of ether oxygens (including phenoxy) is 2. The van der Waals surface area contributed by atoms with Gasteiger partial charge < -0.3 is 30.7 Å². The van der Waals surface area contributed by atoms with E-state index in [9.17, 15) is 9.59 Å². The van der Waals surface area contributed by atoms with Gasteiger partial charge in [-0.1, -0.05) is 29.8 Å². The Morgan fingerprint density at radius 3 is 2.14 bits per heavy atom. The van der Waals surface area contributed by atoms with E-state index in [4.69, 9.17) is 20.6 Å². The van der Waals surface area contributed by atoms with Gasteiger partial charge in [0.15, 0.2) is 0 Å². The summed E-state index contributed by atoms with van der Waals surface area (Å²) < 4.78 is 10.8. The second-order valence-corrected chi connectivity index (χ2v) is 8.72. The molecule has 0 bridgehead atoms. The van der Waals surface area contributed by atoms with Crippen molar-refractivity contribution in [1.82, 2.24) is 5.32 Å². The normalized spacial score (nSPS) is 10.4. The minimum atomic E-state index is -0.307. The Morgan fingerprint density at radius 1 is 0.946 bits per heavy atom. The number of aryl methyl sites for hydroxylation is 1. The summed E-state index contributed by atoms with van der Waals surface area (Å²) in [6.45, 7) is 4.08. The number of amides is 2. The molecule has 0 unspecified atom stereocenters. The highest BCUT2D eigenvalue weighted by atomic mass is 16.5. The van der Waals surface area contributed by atoms with Crippen LogP contribution in [0.2, 0.25) is 0 Å². The van der Waals surface area contributed by atoms with Crippen molar-refractivity contribution in [2.24, 2.45) is 5.73 Å². The zero-order valence-corrected chi connectivity index (χ0v) is 21.8. The fourth-order valence-electron chi connectivity index (χ4n) is 3.87.